The van der Waals surface area contributed by atoms with Crippen molar-refractivity contribution in [2.75, 3.05) is 30.0 Å². The molecule has 6 nitrogen and oxygen atoms in total. The van der Waals surface area contributed by atoms with Gasteiger partial charge in [-0.2, -0.15) is 0 Å². The zero-order valence-corrected chi connectivity index (χ0v) is 18.7. The second-order valence-electron chi connectivity index (χ2n) is 6.36. The Hall–Kier alpha value is -1.51. The summed E-state index contributed by atoms with van der Waals surface area (Å²) in [7, 11) is -3.69. The highest BCUT2D eigenvalue weighted by Gasteiger charge is 2.37. The fraction of sp³-hybridized carbons (Fsp3) is 0.474. The number of nitrogens with zero attached hydrogens (tertiary/aromatic N) is 1. The van der Waals surface area contributed by atoms with Crippen molar-refractivity contribution in [1.29, 1.82) is 0 Å². The van der Waals surface area contributed by atoms with Crippen LogP contribution in [0.4, 0.5) is 5.69 Å². The van der Waals surface area contributed by atoms with Gasteiger partial charge in [-0.25, -0.2) is 8.42 Å². The molecule has 1 aromatic carbocycles. The van der Waals surface area contributed by atoms with Crippen LogP contribution in [0, 0.1) is 5.92 Å². The Labute approximate surface area is 175 Å². The van der Waals surface area contributed by atoms with E-state index in [4.69, 9.17) is 16.3 Å². The zero-order chi connectivity index (χ0) is 21.1. The van der Waals surface area contributed by atoms with Crippen LogP contribution in [0.1, 0.15) is 37.0 Å². The molecular formula is C19H24ClNO5S2. The second-order valence-corrected chi connectivity index (χ2v) is 9.49. The highest BCUT2D eigenvalue weighted by molar-refractivity contribution is 7.98. The third-order valence-corrected chi connectivity index (χ3v) is 6.82. The number of hydrogen-bond acceptors (Lipinski definition) is 6. The van der Waals surface area contributed by atoms with Crippen LogP contribution in [0.15, 0.2) is 28.9 Å². The average molecular weight is 446 g/mol. The van der Waals surface area contributed by atoms with Crippen LogP contribution in [0.2, 0.25) is 5.02 Å². The highest BCUT2D eigenvalue weighted by atomic mass is 35.5. The summed E-state index contributed by atoms with van der Waals surface area (Å²) in [4.78, 5) is 26.6. The van der Waals surface area contributed by atoms with Crippen LogP contribution >= 0.6 is 23.4 Å². The number of carbonyl (C=O) groups is 2. The van der Waals surface area contributed by atoms with E-state index in [0.29, 0.717) is 11.5 Å². The quantitative estimate of drug-likeness (QED) is 0.135. The number of thioether (sulfide) groups is 1. The van der Waals surface area contributed by atoms with E-state index in [1.54, 1.807) is 26.2 Å². The molecular weight excluding hydrogens is 422 g/mol. The fourth-order valence-corrected chi connectivity index (χ4v) is 4.81. The van der Waals surface area contributed by atoms with Gasteiger partial charge >= 0.3 is 0 Å². The predicted molar refractivity (Wildman–Crippen MR) is 113 cm³/mol. The lowest BCUT2D eigenvalue weighted by Gasteiger charge is -2.25. The van der Waals surface area contributed by atoms with Crippen molar-refractivity contribution < 1.29 is 22.7 Å². The molecule has 154 valence electrons. The van der Waals surface area contributed by atoms with Gasteiger partial charge in [-0.15, -0.1) is 11.8 Å². The van der Waals surface area contributed by atoms with Gasteiger partial charge in [0.05, 0.1) is 29.8 Å². The normalized spacial score (nSPS) is 14.7. The van der Waals surface area contributed by atoms with Crippen molar-refractivity contribution in [2.24, 2.45) is 5.92 Å². The molecule has 0 atom stereocenters. The van der Waals surface area contributed by atoms with Gasteiger partial charge in [-0.3, -0.25) is 13.9 Å². The van der Waals surface area contributed by atoms with Crippen LogP contribution < -0.4 is 4.31 Å². The number of allylic oxidation sites excluding steroid dienone is 1. The molecule has 1 aliphatic carbocycles. The number of Topliss-reactive ketones (excluding diaryl/α,β-unsaturated/α-hetero) is 2. The van der Waals surface area contributed by atoms with Gasteiger partial charge in [0.15, 0.2) is 5.78 Å². The number of anilines is 1. The molecule has 0 aromatic heterocycles. The maximum atomic E-state index is 13.3. The molecule has 2 rings (SSSR count). The van der Waals surface area contributed by atoms with Crippen LogP contribution in [-0.4, -0.2) is 45.6 Å². The molecule has 28 heavy (non-hydrogen) atoms. The van der Waals surface area contributed by atoms with Crippen LogP contribution in [0.3, 0.4) is 0 Å². The van der Waals surface area contributed by atoms with Crippen LogP contribution in [0.5, 0.6) is 0 Å². The monoisotopic (exact) mass is 445 g/mol. The molecule has 0 spiro atoms. The Kier molecular flexibility index (Phi) is 7.59. The molecule has 0 saturated heterocycles. The SMILES string of the molecule is CCOC=C(C(=O)c1ccc(SC)c(Cl)c1N(CC)S(C)(=O)=O)C(=O)C1CC1. The summed E-state index contributed by atoms with van der Waals surface area (Å²) in [6.45, 7) is 3.80. The molecule has 1 fully saturated rings. The van der Waals surface area contributed by atoms with Gasteiger partial charge < -0.3 is 4.74 Å². The largest absolute Gasteiger partial charge is 0.501 e. The minimum atomic E-state index is -3.69. The fourth-order valence-electron chi connectivity index (χ4n) is 2.79. The molecule has 0 amide bonds. The summed E-state index contributed by atoms with van der Waals surface area (Å²) in [5, 5.41) is 0.167. The van der Waals surface area contributed by atoms with E-state index in [1.807, 2.05) is 0 Å². The lowest BCUT2D eigenvalue weighted by molar-refractivity contribution is -0.116. The lowest BCUT2D eigenvalue weighted by Crippen LogP contribution is -2.32. The molecule has 0 bridgehead atoms. The van der Waals surface area contributed by atoms with E-state index in [9.17, 15) is 18.0 Å². The van der Waals surface area contributed by atoms with Crippen molar-refractivity contribution >= 4 is 50.6 Å². The smallest absolute Gasteiger partial charge is 0.232 e. The molecule has 0 N–H and O–H groups in total. The lowest BCUT2D eigenvalue weighted by atomic mass is 9.97. The van der Waals surface area contributed by atoms with E-state index in [1.165, 1.54) is 24.1 Å². The summed E-state index contributed by atoms with van der Waals surface area (Å²) < 4.78 is 31.0. The first-order chi connectivity index (χ1) is 13.2. The number of ketones is 2. The molecule has 1 aromatic rings. The number of carbonyl (C=O) groups excluding carboxylic acids is 2. The van der Waals surface area contributed by atoms with Gasteiger partial charge in [0.2, 0.25) is 15.8 Å². The first-order valence-electron chi connectivity index (χ1n) is 8.92. The zero-order valence-electron chi connectivity index (χ0n) is 16.3. The van der Waals surface area contributed by atoms with E-state index >= 15 is 0 Å². The molecule has 1 saturated carbocycles. The third kappa shape index (κ3) is 4.90. The molecule has 0 radical (unpaired) electrons. The molecule has 0 aliphatic heterocycles. The Balaban J connectivity index is 2.67. The maximum absolute atomic E-state index is 13.3. The van der Waals surface area contributed by atoms with Gasteiger partial charge in [0, 0.05) is 22.9 Å². The Morgan fingerprint density at radius 3 is 2.43 bits per heavy atom. The predicted octanol–water partition coefficient (Wildman–Crippen LogP) is 3.93. The number of halogens is 1. The second kappa shape index (κ2) is 9.33. The number of ether oxygens (including phenoxy) is 1. The topological polar surface area (TPSA) is 80.8 Å². The Morgan fingerprint density at radius 2 is 1.96 bits per heavy atom. The van der Waals surface area contributed by atoms with Crippen molar-refractivity contribution in [1.82, 2.24) is 0 Å². The van der Waals surface area contributed by atoms with Gasteiger partial charge in [-0.05, 0) is 45.1 Å². The number of sulfonamides is 1. The van der Waals surface area contributed by atoms with Crippen LogP contribution in [0.25, 0.3) is 0 Å². The molecule has 1 aliphatic rings. The van der Waals surface area contributed by atoms with Crippen molar-refractivity contribution in [3.8, 4) is 0 Å². The minimum Gasteiger partial charge on any atom is -0.501 e. The van der Waals surface area contributed by atoms with Crippen molar-refractivity contribution in [3.63, 3.8) is 0 Å². The van der Waals surface area contributed by atoms with E-state index < -0.39 is 15.8 Å². The minimum absolute atomic E-state index is 0.0648. The summed E-state index contributed by atoms with van der Waals surface area (Å²) in [6, 6.07) is 3.17. The number of rotatable bonds is 10. The summed E-state index contributed by atoms with van der Waals surface area (Å²) in [5.41, 5.74) is 0.0765. The number of benzene rings is 1. The molecule has 9 heteroatoms. The number of hydrogen-bond donors (Lipinski definition) is 0. The van der Waals surface area contributed by atoms with Crippen molar-refractivity contribution in [2.45, 2.75) is 31.6 Å². The van der Waals surface area contributed by atoms with Crippen LogP contribution in [-0.2, 0) is 19.6 Å². The Bertz CT molecular complexity index is 907. The van der Waals surface area contributed by atoms with Gasteiger partial charge in [0.25, 0.3) is 0 Å². The molecule has 0 unspecified atom stereocenters. The highest BCUT2D eigenvalue weighted by Crippen LogP contribution is 2.40. The average Bonchev–Trinajstić information content (AvgIpc) is 3.47. The van der Waals surface area contributed by atoms with E-state index in [-0.39, 0.29) is 40.1 Å². The third-order valence-electron chi connectivity index (χ3n) is 4.31. The standard InChI is InChI=1S/C19H24ClNO5S2/c1-5-21(28(4,24)25)17-13(9-10-15(27-3)16(17)20)19(23)14(11-26-6-2)18(22)12-7-8-12/h9-12H,5-8H2,1-4H3. The molecule has 0 heterocycles. The van der Waals surface area contributed by atoms with E-state index in [0.717, 1.165) is 23.4 Å². The van der Waals surface area contributed by atoms with E-state index in [2.05, 4.69) is 0 Å². The summed E-state index contributed by atoms with van der Waals surface area (Å²) >= 11 is 7.83. The first-order valence-corrected chi connectivity index (χ1v) is 12.4. The van der Waals surface area contributed by atoms with Gasteiger partial charge in [-0.1, -0.05) is 11.6 Å². The summed E-state index contributed by atoms with van der Waals surface area (Å²) in [5.74, 6) is -1.05. The van der Waals surface area contributed by atoms with Gasteiger partial charge in [0.1, 0.15) is 5.57 Å². The maximum Gasteiger partial charge on any atom is 0.232 e. The Morgan fingerprint density at radius 1 is 1.32 bits per heavy atom. The summed E-state index contributed by atoms with van der Waals surface area (Å²) in [6.07, 6.45) is 5.51. The van der Waals surface area contributed by atoms with Crippen molar-refractivity contribution in [3.05, 3.63) is 34.6 Å². The first kappa shape index (κ1) is 22.8.